The lowest BCUT2D eigenvalue weighted by molar-refractivity contribution is -0.116. The minimum absolute atomic E-state index is 0.102. The zero-order valence-electron chi connectivity index (χ0n) is 11.5. The molecular weight excluding hydrogens is 308 g/mol. The topological polar surface area (TPSA) is 61.9 Å². The molecule has 1 saturated heterocycles. The Bertz CT molecular complexity index is 643. The van der Waals surface area contributed by atoms with Crippen LogP contribution in [0.25, 0.3) is 0 Å². The largest absolute Gasteiger partial charge is 0.311 e. The molecule has 5 nitrogen and oxygen atoms in total. The summed E-state index contributed by atoms with van der Waals surface area (Å²) in [5.41, 5.74) is 0.886. The summed E-state index contributed by atoms with van der Waals surface area (Å²) in [7, 11) is 0. The number of nitrogens with one attached hydrogen (secondary N) is 1. The first-order chi connectivity index (χ1) is 10.2. The standard InChI is InChI=1S/C14H15ClN4OS/c1-2-12-16-14(18-17-12)21-11-7-8-19(13(11)20)10-5-3-9(15)4-6-10/h3-6,11H,2,7-8H2,1H3,(H,16,17,18). The molecule has 1 fully saturated rings. The fourth-order valence-corrected chi connectivity index (χ4v) is 3.35. The van der Waals surface area contributed by atoms with E-state index in [9.17, 15) is 4.79 Å². The first kappa shape index (κ1) is 14.4. The van der Waals surface area contributed by atoms with Gasteiger partial charge in [-0.1, -0.05) is 30.3 Å². The second-order valence-corrected chi connectivity index (χ2v) is 6.39. The highest BCUT2D eigenvalue weighted by Gasteiger charge is 2.34. The van der Waals surface area contributed by atoms with Crippen LogP contribution in [0.3, 0.4) is 0 Å². The van der Waals surface area contributed by atoms with Crippen molar-refractivity contribution >= 4 is 35.0 Å². The van der Waals surface area contributed by atoms with Gasteiger partial charge in [0.05, 0.1) is 5.25 Å². The van der Waals surface area contributed by atoms with Gasteiger partial charge in [-0.3, -0.25) is 9.89 Å². The Morgan fingerprint density at radius 2 is 2.19 bits per heavy atom. The minimum Gasteiger partial charge on any atom is -0.311 e. The van der Waals surface area contributed by atoms with Gasteiger partial charge in [-0.05, 0) is 30.7 Å². The number of rotatable bonds is 4. The molecule has 7 heteroatoms. The Labute approximate surface area is 132 Å². The summed E-state index contributed by atoms with van der Waals surface area (Å²) < 4.78 is 0. The SMILES string of the molecule is CCc1nc(SC2CCN(c3ccc(Cl)cc3)C2=O)n[nH]1. The van der Waals surface area contributed by atoms with Gasteiger partial charge in [0.1, 0.15) is 5.82 Å². The molecule has 1 atom stereocenters. The van der Waals surface area contributed by atoms with E-state index in [1.807, 2.05) is 19.1 Å². The zero-order chi connectivity index (χ0) is 14.8. The summed E-state index contributed by atoms with van der Waals surface area (Å²) >= 11 is 7.31. The summed E-state index contributed by atoms with van der Waals surface area (Å²) in [5, 5.41) is 8.19. The first-order valence-electron chi connectivity index (χ1n) is 6.82. The molecule has 2 aromatic rings. The van der Waals surface area contributed by atoms with Crippen LogP contribution in [0.4, 0.5) is 5.69 Å². The van der Waals surface area contributed by atoms with E-state index in [1.165, 1.54) is 11.8 Å². The summed E-state index contributed by atoms with van der Waals surface area (Å²) in [6.07, 6.45) is 1.60. The number of hydrogen-bond donors (Lipinski definition) is 1. The fraction of sp³-hybridized carbons (Fsp3) is 0.357. The third-order valence-electron chi connectivity index (χ3n) is 3.39. The van der Waals surface area contributed by atoms with Crippen molar-refractivity contribution in [2.24, 2.45) is 0 Å². The number of aromatic nitrogens is 3. The van der Waals surface area contributed by atoms with E-state index in [4.69, 9.17) is 11.6 Å². The van der Waals surface area contributed by atoms with Crippen LogP contribution >= 0.6 is 23.4 Å². The van der Waals surface area contributed by atoms with Gasteiger partial charge in [-0.2, -0.15) is 0 Å². The Hall–Kier alpha value is -1.53. The maximum Gasteiger partial charge on any atom is 0.240 e. The van der Waals surface area contributed by atoms with Gasteiger partial charge >= 0.3 is 0 Å². The summed E-state index contributed by atoms with van der Waals surface area (Å²) in [6.45, 7) is 2.72. The Morgan fingerprint density at radius 1 is 1.43 bits per heavy atom. The number of aromatic amines is 1. The minimum atomic E-state index is -0.124. The zero-order valence-corrected chi connectivity index (χ0v) is 13.1. The van der Waals surface area contributed by atoms with E-state index in [2.05, 4.69) is 15.2 Å². The molecule has 0 spiro atoms. The van der Waals surface area contributed by atoms with Gasteiger partial charge in [0.2, 0.25) is 11.1 Å². The van der Waals surface area contributed by atoms with Crippen molar-refractivity contribution in [2.75, 3.05) is 11.4 Å². The lowest BCUT2D eigenvalue weighted by atomic mass is 10.3. The van der Waals surface area contributed by atoms with Gasteiger partial charge in [0, 0.05) is 23.7 Å². The van der Waals surface area contributed by atoms with Crippen LogP contribution in [0, 0.1) is 0 Å². The van der Waals surface area contributed by atoms with E-state index >= 15 is 0 Å². The van der Waals surface area contributed by atoms with Crippen LogP contribution in [0.5, 0.6) is 0 Å². The van der Waals surface area contributed by atoms with Crippen LogP contribution in [0.1, 0.15) is 19.2 Å². The molecule has 1 aromatic carbocycles. The van der Waals surface area contributed by atoms with Gasteiger partial charge in [0.15, 0.2) is 0 Å². The van der Waals surface area contributed by atoms with Gasteiger partial charge in [0.25, 0.3) is 0 Å². The van der Waals surface area contributed by atoms with Crippen molar-refractivity contribution in [1.29, 1.82) is 0 Å². The van der Waals surface area contributed by atoms with Crippen molar-refractivity contribution < 1.29 is 4.79 Å². The highest BCUT2D eigenvalue weighted by Crippen LogP contribution is 2.31. The van der Waals surface area contributed by atoms with Gasteiger partial charge in [-0.15, -0.1) is 5.10 Å². The molecule has 0 aliphatic carbocycles. The molecule has 1 unspecified atom stereocenters. The summed E-state index contributed by atoms with van der Waals surface area (Å²) in [5.74, 6) is 0.947. The molecule has 0 saturated carbocycles. The molecule has 0 radical (unpaired) electrons. The van der Waals surface area contributed by atoms with Crippen LogP contribution in [-0.2, 0) is 11.2 Å². The number of benzene rings is 1. The highest BCUT2D eigenvalue weighted by molar-refractivity contribution is 8.00. The molecule has 1 aromatic heterocycles. The van der Waals surface area contributed by atoms with Crippen LogP contribution in [0.2, 0.25) is 5.02 Å². The van der Waals surface area contributed by atoms with E-state index in [0.29, 0.717) is 16.7 Å². The maximum absolute atomic E-state index is 12.5. The van der Waals surface area contributed by atoms with E-state index in [0.717, 1.165) is 24.4 Å². The third kappa shape index (κ3) is 3.06. The van der Waals surface area contributed by atoms with Crippen LogP contribution in [-0.4, -0.2) is 32.9 Å². The monoisotopic (exact) mass is 322 g/mol. The number of amides is 1. The summed E-state index contributed by atoms with van der Waals surface area (Å²) in [6, 6.07) is 7.34. The van der Waals surface area contributed by atoms with Crippen molar-refractivity contribution in [3.8, 4) is 0 Å². The van der Waals surface area contributed by atoms with Crippen molar-refractivity contribution in [3.63, 3.8) is 0 Å². The number of carbonyl (C=O) groups excluding carboxylic acids is 1. The number of anilines is 1. The van der Waals surface area contributed by atoms with Crippen molar-refractivity contribution in [2.45, 2.75) is 30.2 Å². The van der Waals surface area contributed by atoms with Crippen LogP contribution in [0.15, 0.2) is 29.4 Å². The normalized spacial score (nSPS) is 18.5. The van der Waals surface area contributed by atoms with Crippen LogP contribution < -0.4 is 4.90 Å². The number of carbonyl (C=O) groups is 1. The van der Waals surface area contributed by atoms with Crippen molar-refractivity contribution in [1.82, 2.24) is 15.2 Å². The second-order valence-electron chi connectivity index (χ2n) is 4.78. The fourth-order valence-electron chi connectivity index (χ4n) is 2.26. The quantitative estimate of drug-likeness (QED) is 0.940. The lowest BCUT2D eigenvalue weighted by Crippen LogP contribution is -2.27. The molecule has 1 amide bonds. The van der Waals surface area contributed by atoms with Gasteiger partial charge < -0.3 is 4.90 Å². The number of H-pyrrole nitrogens is 1. The highest BCUT2D eigenvalue weighted by atomic mass is 35.5. The number of halogens is 1. The molecule has 0 bridgehead atoms. The number of nitrogens with zero attached hydrogens (tertiary/aromatic N) is 3. The molecule has 21 heavy (non-hydrogen) atoms. The average molecular weight is 323 g/mol. The van der Waals surface area contributed by atoms with E-state index in [-0.39, 0.29) is 11.2 Å². The Kier molecular flexibility index (Phi) is 4.17. The first-order valence-corrected chi connectivity index (χ1v) is 8.08. The lowest BCUT2D eigenvalue weighted by Gasteiger charge is -2.16. The third-order valence-corrected chi connectivity index (χ3v) is 4.76. The Balaban J connectivity index is 1.69. The average Bonchev–Trinajstić information content (AvgIpc) is 3.08. The molecule has 110 valence electrons. The molecule has 2 heterocycles. The molecule has 1 aliphatic heterocycles. The molecule has 3 rings (SSSR count). The number of aryl methyl sites for hydroxylation is 1. The molecule has 1 aliphatic rings. The number of thioether (sulfide) groups is 1. The molecular formula is C14H15ClN4OS. The smallest absolute Gasteiger partial charge is 0.240 e. The van der Waals surface area contributed by atoms with E-state index in [1.54, 1.807) is 17.0 Å². The predicted molar refractivity (Wildman–Crippen MR) is 83.8 cm³/mol. The number of hydrogen-bond acceptors (Lipinski definition) is 4. The maximum atomic E-state index is 12.5. The van der Waals surface area contributed by atoms with Crippen molar-refractivity contribution in [3.05, 3.63) is 35.1 Å². The molecule has 1 N–H and O–H groups in total. The second kappa shape index (κ2) is 6.07. The van der Waals surface area contributed by atoms with Gasteiger partial charge in [-0.25, -0.2) is 4.98 Å². The summed E-state index contributed by atoms with van der Waals surface area (Å²) in [4.78, 5) is 18.6. The predicted octanol–water partition coefficient (Wildman–Crippen LogP) is 2.92. The Morgan fingerprint density at radius 3 is 2.86 bits per heavy atom. The van der Waals surface area contributed by atoms with E-state index < -0.39 is 0 Å².